The number of hydrogen-bond donors (Lipinski definition) is 1. The van der Waals surface area contributed by atoms with Gasteiger partial charge in [0, 0.05) is 13.0 Å². The number of ether oxygens (including phenoxy) is 2. The maximum atomic E-state index is 12.4. The summed E-state index contributed by atoms with van der Waals surface area (Å²) in [6.07, 6.45) is -3.74. The monoisotopic (exact) mass is 359 g/mol. The van der Waals surface area contributed by atoms with Crippen LogP contribution in [-0.2, 0) is 12.7 Å². The van der Waals surface area contributed by atoms with Gasteiger partial charge in [-0.15, -0.1) is 10.2 Å². The fourth-order valence-electron chi connectivity index (χ4n) is 2.16. The molecule has 0 saturated carbocycles. The first kappa shape index (κ1) is 16.6. The molecule has 2 aromatic rings. The molecule has 24 heavy (non-hydrogen) atoms. The predicted molar refractivity (Wildman–Crippen MR) is 81.4 cm³/mol. The summed E-state index contributed by atoms with van der Waals surface area (Å²) in [5, 5.41) is 9.98. The molecule has 3 rings (SSSR count). The second-order valence-electron chi connectivity index (χ2n) is 5.11. The average molecular weight is 360 g/mol. The number of nitrogens with zero attached hydrogens (tertiary/aromatic N) is 2. The van der Waals surface area contributed by atoms with E-state index in [0.29, 0.717) is 36.3 Å². The van der Waals surface area contributed by atoms with Crippen LogP contribution in [0.1, 0.15) is 17.7 Å². The largest absolute Gasteiger partial charge is 0.489 e. The molecule has 0 radical (unpaired) electrons. The zero-order chi connectivity index (χ0) is 17.2. The van der Waals surface area contributed by atoms with Crippen molar-refractivity contribution < 1.29 is 22.6 Å². The summed E-state index contributed by atoms with van der Waals surface area (Å²) < 4.78 is 48.5. The molecule has 9 heteroatoms. The molecule has 5 nitrogen and oxygen atoms in total. The van der Waals surface area contributed by atoms with Crippen LogP contribution in [0, 0.1) is 0 Å². The van der Waals surface area contributed by atoms with Crippen LogP contribution in [0.5, 0.6) is 11.5 Å². The molecule has 128 valence electrons. The van der Waals surface area contributed by atoms with Crippen LogP contribution in [0.3, 0.4) is 0 Å². The van der Waals surface area contributed by atoms with E-state index in [-0.39, 0.29) is 5.82 Å². The van der Waals surface area contributed by atoms with E-state index in [4.69, 9.17) is 21.1 Å². The Kier molecular flexibility index (Phi) is 4.66. The van der Waals surface area contributed by atoms with Crippen LogP contribution in [-0.4, -0.2) is 23.4 Å². The third-order valence-corrected chi connectivity index (χ3v) is 3.57. The zero-order valence-corrected chi connectivity index (χ0v) is 13.1. The van der Waals surface area contributed by atoms with Crippen molar-refractivity contribution in [1.29, 1.82) is 0 Å². The molecule has 0 amide bonds. The van der Waals surface area contributed by atoms with Gasteiger partial charge < -0.3 is 14.8 Å². The van der Waals surface area contributed by atoms with E-state index in [1.165, 1.54) is 6.07 Å². The van der Waals surface area contributed by atoms with Gasteiger partial charge in [-0.05, 0) is 29.8 Å². The van der Waals surface area contributed by atoms with Crippen LogP contribution in [0.2, 0.25) is 5.02 Å². The third-order valence-electron chi connectivity index (χ3n) is 3.29. The van der Waals surface area contributed by atoms with Crippen molar-refractivity contribution >= 4 is 17.4 Å². The van der Waals surface area contributed by atoms with E-state index >= 15 is 0 Å². The number of rotatable bonds is 3. The van der Waals surface area contributed by atoms with Crippen LogP contribution in [0.25, 0.3) is 0 Å². The van der Waals surface area contributed by atoms with Gasteiger partial charge in [-0.1, -0.05) is 11.6 Å². The van der Waals surface area contributed by atoms with E-state index < -0.39 is 11.9 Å². The molecule has 0 unspecified atom stereocenters. The first-order chi connectivity index (χ1) is 11.4. The van der Waals surface area contributed by atoms with Crippen LogP contribution < -0.4 is 14.8 Å². The Balaban J connectivity index is 1.71. The zero-order valence-electron chi connectivity index (χ0n) is 12.4. The molecule has 0 saturated heterocycles. The first-order valence-corrected chi connectivity index (χ1v) is 7.54. The third kappa shape index (κ3) is 3.81. The van der Waals surface area contributed by atoms with Crippen LogP contribution in [0.15, 0.2) is 24.3 Å². The second-order valence-corrected chi connectivity index (χ2v) is 5.52. The number of alkyl halides is 3. The Hall–Kier alpha value is -2.22. The number of hydrogen-bond acceptors (Lipinski definition) is 5. The van der Waals surface area contributed by atoms with Gasteiger partial charge in [0.05, 0.1) is 18.2 Å². The Bertz CT molecular complexity index is 723. The van der Waals surface area contributed by atoms with Gasteiger partial charge in [0.2, 0.25) is 0 Å². The van der Waals surface area contributed by atoms with E-state index in [1.54, 1.807) is 12.1 Å². The van der Waals surface area contributed by atoms with Crippen LogP contribution in [0.4, 0.5) is 19.0 Å². The molecule has 0 aliphatic carbocycles. The van der Waals surface area contributed by atoms with Crippen molar-refractivity contribution in [3.63, 3.8) is 0 Å². The summed E-state index contributed by atoms with van der Waals surface area (Å²) in [4.78, 5) is 0. The number of benzene rings is 1. The first-order valence-electron chi connectivity index (χ1n) is 7.16. The number of fused-ring (bicyclic) bond motifs is 1. The normalized spacial score (nSPS) is 14.2. The Morgan fingerprint density at radius 3 is 2.62 bits per heavy atom. The minimum absolute atomic E-state index is 0.228. The number of anilines is 1. The molecule has 2 heterocycles. The van der Waals surface area contributed by atoms with E-state index in [1.807, 2.05) is 0 Å². The standard InChI is InChI=1S/C15H13ClF3N3O2/c16-10-6-9(7-11-14(10)24-5-1-4-23-11)8-20-13-3-2-12(21-22-13)15(17,18)19/h2-3,6-7H,1,4-5,8H2,(H,20,22). The summed E-state index contributed by atoms with van der Waals surface area (Å²) in [6.45, 7) is 1.37. The Morgan fingerprint density at radius 2 is 1.92 bits per heavy atom. The summed E-state index contributed by atoms with van der Waals surface area (Å²) in [5.74, 6) is 1.29. The predicted octanol–water partition coefficient (Wildman–Crippen LogP) is 3.92. The van der Waals surface area contributed by atoms with Gasteiger partial charge in [0.15, 0.2) is 17.2 Å². The summed E-state index contributed by atoms with van der Waals surface area (Å²) in [6, 6.07) is 5.58. The topological polar surface area (TPSA) is 56.3 Å². The van der Waals surface area contributed by atoms with Gasteiger partial charge in [-0.2, -0.15) is 13.2 Å². The van der Waals surface area contributed by atoms with Crippen molar-refractivity contribution in [2.75, 3.05) is 18.5 Å². The lowest BCUT2D eigenvalue weighted by atomic mass is 10.2. The van der Waals surface area contributed by atoms with Crippen molar-refractivity contribution in [2.45, 2.75) is 19.1 Å². The van der Waals surface area contributed by atoms with Crippen molar-refractivity contribution in [3.8, 4) is 11.5 Å². The molecule has 1 N–H and O–H groups in total. The number of halogens is 4. The maximum Gasteiger partial charge on any atom is 0.435 e. The van der Waals surface area contributed by atoms with Gasteiger partial charge in [0.25, 0.3) is 0 Å². The van der Waals surface area contributed by atoms with Gasteiger partial charge in [-0.25, -0.2) is 0 Å². The van der Waals surface area contributed by atoms with Gasteiger partial charge in [-0.3, -0.25) is 0 Å². The molecule has 1 aromatic carbocycles. The minimum Gasteiger partial charge on any atom is -0.489 e. The SMILES string of the molecule is FC(F)(F)c1ccc(NCc2cc(Cl)c3c(c2)OCCCO3)nn1. The highest BCUT2D eigenvalue weighted by Gasteiger charge is 2.32. The lowest BCUT2D eigenvalue weighted by Gasteiger charge is -2.12. The lowest BCUT2D eigenvalue weighted by Crippen LogP contribution is -2.10. The molecule has 1 aliphatic heterocycles. The number of aromatic nitrogens is 2. The summed E-state index contributed by atoms with van der Waals surface area (Å²) in [7, 11) is 0. The minimum atomic E-state index is -4.51. The van der Waals surface area contributed by atoms with Crippen molar-refractivity contribution in [3.05, 3.63) is 40.5 Å². The quantitative estimate of drug-likeness (QED) is 0.900. The van der Waals surface area contributed by atoms with Crippen molar-refractivity contribution in [2.24, 2.45) is 0 Å². The molecule has 0 atom stereocenters. The highest BCUT2D eigenvalue weighted by molar-refractivity contribution is 6.32. The highest BCUT2D eigenvalue weighted by atomic mass is 35.5. The molecular formula is C15H13ClF3N3O2. The van der Waals surface area contributed by atoms with Gasteiger partial charge in [0.1, 0.15) is 5.82 Å². The van der Waals surface area contributed by atoms with Gasteiger partial charge >= 0.3 is 6.18 Å². The summed E-state index contributed by atoms with van der Waals surface area (Å²) in [5.41, 5.74) is -0.252. The fourth-order valence-corrected chi connectivity index (χ4v) is 2.44. The van der Waals surface area contributed by atoms with Crippen LogP contribution >= 0.6 is 11.6 Å². The molecular weight excluding hydrogens is 347 g/mol. The molecule has 0 spiro atoms. The average Bonchev–Trinajstić information content (AvgIpc) is 2.78. The van der Waals surface area contributed by atoms with E-state index in [2.05, 4.69) is 15.5 Å². The second kappa shape index (κ2) is 6.72. The Morgan fingerprint density at radius 1 is 1.12 bits per heavy atom. The maximum absolute atomic E-state index is 12.4. The summed E-state index contributed by atoms with van der Waals surface area (Å²) >= 11 is 6.19. The smallest absolute Gasteiger partial charge is 0.435 e. The molecule has 1 aromatic heterocycles. The molecule has 0 fully saturated rings. The molecule has 1 aliphatic rings. The lowest BCUT2D eigenvalue weighted by molar-refractivity contribution is -0.141. The Labute approximate surface area is 140 Å². The van der Waals surface area contributed by atoms with Crippen molar-refractivity contribution in [1.82, 2.24) is 10.2 Å². The number of nitrogens with one attached hydrogen (secondary N) is 1. The highest BCUT2D eigenvalue weighted by Crippen LogP contribution is 2.38. The van der Waals surface area contributed by atoms with E-state index in [9.17, 15) is 13.2 Å². The van der Waals surface area contributed by atoms with E-state index in [0.717, 1.165) is 18.1 Å². The molecule has 0 bridgehead atoms. The fraction of sp³-hybridized carbons (Fsp3) is 0.333.